The van der Waals surface area contributed by atoms with Crippen LogP contribution in [0.25, 0.3) is 0 Å². The molecule has 0 saturated carbocycles. The van der Waals surface area contributed by atoms with Gasteiger partial charge in [0, 0.05) is 4.47 Å². The molecule has 1 saturated heterocycles. The smallest absolute Gasteiger partial charge is 0.242 e. The van der Waals surface area contributed by atoms with Crippen molar-refractivity contribution in [2.24, 2.45) is 10.2 Å². The number of carbonyl (C=O) groups is 1. The van der Waals surface area contributed by atoms with E-state index in [-0.39, 0.29) is 17.0 Å². The molecule has 4 nitrogen and oxygen atoms in total. The third-order valence-corrected chi connectivity index (χ3v) is 6.08. The van der Waals surface area contributed by atoms with Crippen LogP contribution in [0.2, 0.25) is 0 Å². The van der Waals surface area contributed by atoms with Crippen LogP contribution in [0.4, 0.5) is 4.39 Å². The Labute approximate surface area is 177 Å². The molecule has 146 valence electrons. The minimum Gasteiger partial charge on any atom is -0.284 e. The van der Waals surface area contributed by atoms with Gasteiger partial charge >= 0.3 is 0 Å². The van der Waals surface area contributed by atoms with Crippen molar-refractivity contribution in [3.8, 4) is 0 Å². The SMILES string of the molecule is CCCC[C@H]1S/C(=N/N=C\c2ccc(Br)cc2)N(Cc2ccc(F)cc2)C1=O. The molecule has 1 aliphatic rings. The molecule has 2 aromatic carbocycles. The second kappa shape index (κ2) is 9.98. The maximum absolute atomic E-state index is 13.2. The quantitative estimate of drug-likeness (QED) is 0.397. The van der Waals surface area contributed by atoms with Crippen molar-refractivity contribution in [1.82, 2.24) is 4.90 Å². The van der Waals surface area contributed by atoms with Gasteiger partial charge in [-0.15, -0.1) is 5.10 Å². The fourth-order valence-corrected chi connectivity index (χ4v) is 4.18. The number of nitrogens with zero attached hydrogens (tertiary/aromatic N) is 3. The molecule has 1 heterocycles. The van der Waals surface area contributed by atoms with Gasteiger partial charge in [0.1, 0.15) is 5.82 Å². The number of rotatable bonds is 7. The summed E-state index contributed by atoms with van der Waals surface area (Å²) in [5.74, 6) is -0.250. The van der Waals surface area contributed by atoms with E-state index in [4.69, 9.17) is 0 Å². The monoisotopic (exact) mass is 461 g/mol. The van der Waals surface area contributed by atoms with Crippen molar-refractivity contribution in [2.45, 2.75) is 38.0 Å². The van der Waals surface area contributed by atoms with Crippen molar-refractivity contribution >= 4 is 45.0 Å². The first-order valence-electron chi connectivity index (χ1n) is 9.16. The molecule has 0 unspecified atom stereocenters. The van der Waals surface area contributed by atoms with Crippen molar-refractivity contribution in [2.75, 3.05) is 0 Å². The maximum atomic E-state index is 13.2. The molecule has 3 rings (SSSR count). The van der Waals surface area contributed by atoms with Crippen LogP contribution in [0.5, 0.6) is 0 Å². The topological polar surface area (TPSA) is 45.0 Å². The van der Waals surface area contributed by atoms with Crippen molar-refractivity contribution in [3.63, 3.8) is 0 Å². The number of hydrogen-bond acceptors (Lipinski definition) is 4. The summed E-state index contributed by atoms with van der Waals surface area (Å²) in [6.45, 7) is 2.47. The van der Waals surface area contributed by atoms with Gasteiger partial charge < -0.3 is 0 Å². The molecule has 1 amide bonds. The average molecular weight is 462 g/mol. The van der Waals surface area contributed by atoms with E-state index < -0.39 is 0 Å². The van der Waals surface area contributed by atoms with Crippen LogP contribution in [0.15, 0.2) is 63.2 Å². The Bertz CT molecular complexity index is 868. The molecule has 28 heavy (non-hydrogen) atoms. The van der Waals surface area contributed by atoms with E-state index in [1.165, 1.54) is 23.9 Å². The van der Waals surface area contributed by atoms with Crippen LogP contribution in [-0.4, -0.2) is 27.4 Å². The highest BCUT2D eigenvalue weighted by molar-refractivity contribution is 9.10. The van der Waals surface area contributed by atoms with Gasteiger partial charge in [-0.3, -0.25) is 9.69 Å². The summed E-state index contributed by atoms with van der Waals surface area (Å²) in [5.41, 5.74) is 1.78. The normalized spacial score (nSPS) is 18.5. The predicted octanol–water partition coefficient (Wildman–Crippen LogP) is 5.61. The van der Waals surface area contributed by atoms with Gasteiger partial charge in [0.15, 0.2) is 5.17 Å². The van der Waals surface area contributed by atoms with Crippen LogP contribution >= 0.6 is 27.7 Å². The third kappa shape index (κ3) is 5.52. The van der Waals surface area contributed by atoms with Crippen LogP contribution in [-0.2, 0) is 11.3 Å². The van der Waals surface area contributed by atoms with E-state index in [2.05, 4.69) is 33.1 Å². The summed E-state index contributed by atoms with van der Waals surface area (Å²) in [6.07, 6.45) is 4.51. The lowest BCUT2D eigenvalue weighted by atomic mass is 10.1. The molecular formula is C21H21BrFN3OS. The summed E-state index contributed by atoms with van der Waals surface area (Å²) in [6, 6.07) is 13.9. The molecule has 1 atom stereocenters. The predicted molar refractivity (Wildman–Crippen MR) is 117 cm³/mol. The zero-order chi connectivity index (χ0) is 19.9. The Balaban J connectivity index is 1.78. The number of benzene rings is 2. The van der Waals surface area contributed by atoms with Crippen LogP contribution in [0.3, 0.4) is 0 Å². The Morgan fingerprint density at radius 2 is 1.89 bits per heavy atom. The van der Waals surface area contributed by atoms with Crippen molar-refractivity contribution < 1.29 is 9.18 Å². The number of carbonyl (C=O) groups excluding carboxylic acids is 1. The number of unbranched alkanes of at least 4 members (excludes halogenated alkanes) is 1. The molecule has 0 bridgehead atoms. The van der Waals surface area contributed by atoms with E-state index in [0.717, 1.165) is 34.9 Å². The first-order chi connectivity index (χ1) is 13.6. The van der Waals surface area contributed by atoms with Gasteiger partial charge in [0.05, 0.1) is 18.0 Å². The molecule has 0 spiro atoms. The molecule has 0 N–H and O–H groups in total. The van der Waals surface area contributed by atoms with Crippen molar-refractivity contribution in [1.29, 1.82) is 0 Å². The molecule has 0 aromatic heterocycles. The van der Waals surface area contributed by atoms with Gasteiger partial charge in [0.2, 0.25) is 5.91 Å². The Morgan fingerprint density at radius 1 is 1.18 bits per heavy atom. The number of hydrogen-bond donors (Lipinski definition) is 0. The van der Waals surface area contributed by atoms with Crippen molar-refractivity contribution in [3.05, 3.63) is 69.9 Å². The highest BCUT2D eigenvalue weighted by atomic mass is 79.9. The standard InChI is InChI=1S/C21H21BrFN3OS/c1-2-3-4-19-20(27)26(14-16-7-11-18(23)12-8-16)21(28-19)25-24-13-15-5-9-17(22)10-6-15/h5-13,19H,2-4,14H2,1H3/b24-13-,25-21+/t19-/m1/s1. The average Bonchev–Trinajstić information content (AvgIpc) is 2.98. The van der Waals surface area contributed by atoms with Crippen LogP contribution < -0.4 is 0 Å². The van der Waals surface area contributed by atoms with E-state index >= 15 is 0 Å². The van der Waals surface area contributed by atoms with Crippen LogP contribution in [0, 0.1) is 5.82 Å². The minimum atomic E-state index is -0.292. The van der Waals surface area contributed by atoms with E-state index in [1.807, 2.05) is 24.3 Å². The summed E-state index contributed by atoms with van der Waals surface area (Å²) in [7, 11) is 0. The van der Waals surface area contributed by atoms with E-state index in [0.29, 0.717) is 11.7 Å². The Hall–Kier alpha value is -1.99. The summed E-state index contributed by atoms with van der Waals surface area (Å²) in [4.78, 5) is 14.5. The lowest BCUT2D eigenvalue weighted by Gasteiger charge is -2.15. The minimum absolute atomic E-state index is 0.0420. The number of thioether (sulfide) groups is 1. The Morgan fingerprint density at radius 3 is 2.57 bits per heavy atom. The summed E-state index contributed by atoms with van der Waals surface area (Å²) < 4.78 is 14.2. The summed E-state index contributed by atoms with van der Waals surface area (Å²) >= 11 is 4.86. The summed E-state index contributed by atoms with van der Waals surface area (Å²) in [5, 5.41) is 8.94. The zero-order valence-electron chi connectivity index (χ0n) is 15.5. The highest BCUT2D eigenvalue weighted by Gasteiger charge is 2.37. The van der Waals surface area contributed by atoms with Gasteiger partial charge in [-0.2, -0.15) is 5.10 Å². The number of amides is 1. The van der Waals surface area contributed by atoms with Gasteiger partial charge in [-0.1, -0.05) is 71.7 Å². The lowest BCUT2D eigenvalue weighted by molar-refractivity contribution is -0.126. The highest BCUT2D eigenvalue weighted by Crippen LogP contribution is 2.32. The van der Waals surface area contributed by atoms with E-state index in [9.17, 15) is 9.18 Å². The molecule has 0 aliphatic carbocycles. The van der Waals surface area contributed by atoms with E-state index in [1.54, 1.807) is 23.2 Å². The lowest BCUT2D eigenvalue weighted by Crippen LogP contribution is -2.31. The second-order valence-corrected chi connectivity index (χ2v) is 8.56. The second-order valence-electron chi connectivity index (χ2n) is 6.48. The van der Waals surface area contributed by atoms with Gasteiger partial charge in [-0.25, -0.2) is 4.39 Å². The Kier molecular flexibility index (Phi) is 7.39. The largest absolute Gasteiger partial charge is 0.284 e. The molecule has 1 fully saturated rings. The van der Waals surface area contributed by atoms with Crippen LogP contribution in [0.1, 0.15) is 37.3 Å². The first kappa shape index (κ1) is 20.7. The molecule has 7 heteroatoms. The third-order valence-electron chi connectivity index (χ3n) is 4.31. The zero-order valence-corrected chi connectivity index (χ0v) is 17.9. The fraction of sp³-hybridized carbons (Fsp3) is 0.286. The molecule has 0 radical (unpaired) electrons. The number of halogens is 2. The van der Waals surface area contributed by atoms with Gasteiger partial charge in [-0.05, 0) is 41.8 Å². The maximum Gasteiger partial charge on any atom is 0.242 e. The molecule has 1 aliphatic heterocycles. The first-order valence-corrected chi connectivity index (χ1v) is 10.8. The molecule has 2 aromatic rings. The molecular weight excluding hydrogens is 441 g/mol. The fourth-order valence-electron chi connectivity index (χ4n) is 2.77. The van der Waals surface area contributed by atoms with Gasteiger partial charge in [0.25, 0.3) is 0 Å². The number of amidine groups is 1.